The Kier molecular flexibility index (Phi) is 5.17. The second-order valence-corrected chi connectivity index (χ2v) is 3.78. The van der Waals surface area contributed by atoms with Gasteiger partial charge in [0, 0.05) is 6.92 Å². The van der Waals surface area contributed by atoms with Crippen molar-refractivity contribution in [2.45, 2.75) is 37.5 Å². The Labute approximate surface area is 98.3 Å². The molecule has 0 aromatic carbocycles. The average molecular weight is 250 g/mol. The molecule has 0 heterocycles. The lowest BCUT2D eigenvalue weighted by molar-refractivity contribution is -0.218. The van der Waals surface area contributed by atoms with Crippen LogP contribution >= 0.6 is 0 Å². The summed E-state index contributed by atoms with van der Waals surface area (Å²) in [7, 11) is 1.20. The van der Waals surface area contributed by atoms with Crippen molar-refractivity contribution in [1.82, 2.24) is 10.6 Å². The Morgan fingerprint density at radius 2 is 1.82 bits per heavy atom. The highest BCUT2D eigenvalue weighted by Crippen LogP contribution is 2.19. The molecule has 0 aliphatic heterocycles. The second-order valence-electron chi connectivity index (χ2n) is 3.78. The van der Waals surface area contributed by atoms with Crippen molar-refractivity contribution < 1.29 is 30.0 Å². The molecule has 17 heavy (non-hydrogen) atoms. The molecule has 0 unspecified atom stereocenters. The Hall–Kier alpha value is -1.06. The highest BCUT2D eigenvalue weighted by atomic mass is 16.4. The van der Waals surface area contributed by atoms with E-state index in [0.29, 0.717) is 0 Å². The molecule has 0 saturated carbocycles. The fourth-order valence-corrected chi connectivity index (χ4v) is 1.35. The van der Waals surface area contributed by atoms with E-state index in [1.54, 1.807) is 5.32 Å². The van der Waals surface area contributed by atoms with E-state index in [-0.39, 0.29) is 6.29 Å². The minimum atomic E-state index is -2.71. The van der Waals surface area contributed by atoms with Crippen molar-refractivity contribution in [3.8, 4) is 0 Å². The van der Waals surface area contributed by atoms with Crippen LogP contribution in [0.4, 0.5) is 0 Å². The molecule has 0 spiro atoms. The van der Waals surface area contributed by atoms with E-state index in [2.05, 4.69) is 5.32 Å². The number of carbonyl (C=O) groups is 2. The van der Waals surface area contributed by atoms with Crippen LogP contribution in [0.5, 0.6) is 0 Å². The lowest BCUT2D eigenvalue weighted by Gasteiger charge is -2.41. The molecule has 0 bridgehead atoms. The molecule has 8 heteroatoms. The fraction of sp³-hybridized carbons (Fsp3) is 0.778. The quantitative estimate of drug-likeness (QED) is 0.214. The van der Waals surface area contributed by atoms with Gasteiger partial charge in [0.05, 0.1) is 6.10 Å². The number of hydrogen-bond acceptors (Lipinski definition) is 7. The summed E-state index contributed by atoms with van der Waals surface area (Å²) in [5, 5.41) is 42.6. The zero-order chi connectivity index (χ0) is 13.9. The van der Waals surface area contributed by atoms with E-state index in [1.165, 1.54) is 7.05 Å². The Balaban J connectivity index is 5.27. The molecule has 0 aromatic heterocycles. The van der Waals surface area contributed by atoms with E-state index in [4.69, 9.17) is 0 Å². The number of aldehydes is 1. The summed E-state index contributed by atoms with van der Waals surface area (Å²) in [6, 6.07) is 0. The smallest absolute Gasteiger partial charge is 0.226 e. The number of likely N-dealkylation sites (N-methyl/N-ethyl adjacent to an activating group) is 1. The van der Waals surface area contributed by atoms with Crippen molar-refractivity contribution in [2.75, 3.05) is 7.05 Å². The molecule has 0 rings (SSSR count). The van der Waals surface area contributed by atoms with E-state index in [0.717, 1.165) is 13.8 Å². The molecule has 0 aromatic rings. The number of carbonyl (C=O) groups excluding carboxylic acids is 2. The summed E-state index contributed by atoms with van der Waals surface area (Å²) in [5.74, 6) is -0.789. The van der Waals surface area contributed by atoms with Crippen molar-refractivity contribution in [1.29, 1.82) is 0 Å². The zero-order valence-electron chi connectivity index (χ0n) is 9.84. The molecule has 0 aliphatic rings. The maximum Gasteiger partial charge on any atom is 0.226 e. The van der Waals surface area contributed by atoms with Gasteiger partial charge in [0.1, 0.15) is 0 Å². The summed E-state index contributed by atoms with van der Waals surface area (Å²) in [5.41, 5.74) is -5.07. The van der Waals surface area contributed by atoms with Crippen LogP contribution in [0.15, 0.2) is 0 Å². The fourth-order valence-electron chi connectivity index (χ4n) is 1.35. The van der Waals surface area contributed by atoms with Crippen LogP contribution in [0.2, 0.25) is 0 Å². The maximum absolute atomic E-state index is 10.8. The van der Waals surface area contributed by atoms with Crippen LogP contribution in [0, 0.1) is 0 Å². The molecule has 0 radical (unpaired) electrons. The highest BCUT2D eigenvalue weighted by Gasteiger charge is 2.51. The van der Waals surface area contributed by atoms with Gasteiger partial charge in [0.25, 0.3) is 0 Å². The topological polar surface area (TPSA) is 139 Å². The first-order chi connectivity index (χ1) is 7.64. The lowest BCUT2D eigenvalue weighted by atomic mass is 9.92. The van der Waals surface area contributed by atoms with Crippen molar-refractivity contribution in [3.63, 3.8) is 0 Å². The first kappa shape index (κ1) is 15.9. The summed E-state index contributed by atoms with van der Waals surface area (Å²) in [6.07, 6.45) is -3.81. The molecule has 4 atom stereocenters. The van der Waals surface area contributed by atoms with Gasteiger partial charge in [-0.15, -0.1) is 0 Å². The number of nitrogens with one attached hydrogen (secondary N) is 2. The zero-order valence-corrected chi connectivity index (χ0v) is 9.84. The van der Waals surface area contributed by atoms with Crippen molar-refractivity contribution in [3.05, 3.63) is 0 Å². The number of hydrogen-bond donors (Lipinski definition) is 6. The SMILES string of the molecule is CN[C@@](O)([C@H](C)O)[C@@H](O)[C@](O)(C=O)NC(C)=O. The molecule has 100 valence electrons. The highest BCUT2D eigenvalue weighted by molar-refractivity contribution is 5.79. The first-order valence-electron chi connectivity index (χ1n) is 4.89. The van der Waals surface area contributed by atoms with Gasteiger partial charge >= 0.3 is 0 Å². The van der Waals surface area contributed by atoms with Gasteiger partial charge in [0.15, 0.2) is 18.1 Å². The molecule has 6 N–H and O–H groups in total. The number of amides is 1. The molecule has 0 fully saturated rings. The van der Waals surface area contributed by atoms with Crippen LogP contribution in [0.3, 0.4) is 0 Å². The van der Waals surface area contributed by atoms with Crippen LogP contribution in [0.25, 0.3) is 0 Å². The maximum atomic E-state index is 10.8. The predicted octanol–water partition coefficient (Wildman–Crippen LogP) is -3.34. The molecule has 0 saturated heterocycles. The number of aliphatic hydroxyl groups excluding tert-OH is 2. The van der Waals surface area contributed by atoms with Crippen molar-refractivity contribution in [2.24, 2.45) is 0 Å². The van der Waals surface area contributed by atoms with Gasteiger partial charge in [-0.3, -0.25) is 14.9 Å². The number of rotatable bonds is 6. The standard InChI is InChI=1S/C9H18N2O6/c1-5(13)9(17,10-3)7(15)8(16,4-12)11-6(2)14/h4-5,7,10,13,15-17H,1-3H3,(H,11,14)/t5-,7-,8+,9+/m0/s1. The molecule has 1 amide bonds. The summed E-state index contributed by atoms with van der Waals surface area (Å²) < 4.78 is 0. The second kappa shape index (κ2) is 5.52. The third-order valence-corrected chi connectivity index (χ3v) is 2.43. The van der Waals surface area contributed by atoms with E-state index in [9.17, 15) is 30.0 Å². The Morgan fingerprint density at radius 3 is 2.06 bits per heavy atom. The van der Waals surface area contributed by atoms with Gasteiger partial charge in [-0.25, -0.2) is 0 Å². The Bertz CT molecular complexity index is 297. The monoisotopic (exact) mass is 250 g/mol. The van der Waals surface area contributed by atoms with E-state index in [1.807, 2.05) is 0 Å². The summed E-state index contributed by atoms with van der Waals surface area (Å²) >= 11 is 0. The predicted molar refractivity (Wildman–Crippen MR) is 56.5 cm³/mol. The van der Waals surface area contributed by atoms with E-state index >= 15 is 0 Å². The minimum absolute atomic E-state index is 0.135. The van der Waals surface area contributed by atoms with Crippen LogP contribution in [-0.2, 0) is 9.59 Å². The van der Waals surface area contributed by atoms with Crippen molar-refractivity contribution >= 4 is 12.2 Å². The Morgan fingerprint density at radius 1 is 1.35 bits per heavy atom. The normalized spacial score (nSPS) is 21.8. The summed E-state index contributed by atoms with van der Waals surface area (Å²) in [4.78, 5) is 21.5. The first-order valence-corrected chi connectivity index (χ1v) is 4.89. The minimum Gasteiger partial charge on any atom is -0.389 e. The van der Waals surface area contributed by atoms with Gasteiger partial charge in [-0.05, 0) is 14.0 Å². The largest absolute Gasteiger partial charge is 0.389 e. The third kappa shape index (κ3) is 3.20. The number of aliphatic hydroxyl groups is 4. The third-order valence-electron chi connectivity index (χ3n) is 2.43. The van der Waals surface area contributed by atoms with Crippen LogP contribution in [0.1, 0.15) is 13.8 Å². The van der Waals surface area contributed by atoms with Gasteiger partial charge in [-0.2, -0.15) is 0 Å². The average Bonchev–Trinajstić information content (AvgIpc) is 2.25. The molecular formula is C9H18N2O6. The van der Waals surface area contributed by atoms with Crippen LogP contribution in [-0.4, -0.2) is 63.3 Å². The van der Waals surface area contributed by atoms with Crippen LogP contribution < -0.4 is 10.6 Å². The molecule has 8 nitrogen and oxygen atoms in total. The van der Waals surface area contributed by atoms with E-state index < -0.39 is 29.6 Å². The van der Waals surface area contributed by atoms with Gasteiger partial charge in [-0.1, -0.05) is 0 Å². The lowest BCUT2D eigenvalue weighted by Crippen LogP contribution is -2.72. The van der Waals surface area contributed by atoms with Gasteiger partial charge < -0.3 is 25.7 Å². The molecule has 0 aliphatic carbocycles. The molecular weight excluding hydrogens is 232 g/mol. The van der Waals surface area contributed by atoms with Gasteiger partial charge in [0.2, 0.25) is 11.6 Å². The summed E-state index contributed by atoms with van der Waals surface area (Å²) in [6.45, 7) is 2.15.